The molecule has 7 nitrogen and oxygen atoms in total. The number of carbonyl (C=O) groups excluding carboxylic acids is 2. The Kier molecular flexibility index (Phi) is 6.61. The normalized spacial score (nSPS) is 44.4. The van der Waals surface area contributed by atoms with E-state index in [9.17, 15) is 19.8 Å². The second-order valence-corrected chi connectivity index (χ2v) is 20.2. The van der Waals surface area contributed by atoms with Crippen molar-refractivity contribution in [3.8, 4) is 0 Å². The molecule has 3 saturated carbocycles. The van der Waals surface area contributed by atoms with Gasteiger partial charge >= 0.3 is 0 Å². The standard InChI is InChI=1S/C31H48O7Si/c1-27(2,3)39(8,9)36-17-24(35)31-25(37-28(4,5)38-31)13-21-20-11-10-19-12-22(33)18(16-32)14-29(19,6)26(20)23(34)15-30(21,31)7/h12,16,20-21,23,25-26,32,34H,10-11,13-15,17H2,1-9H3/b18-16-/t20-,21-,23-,25+,26+,29-,30-,31+/m0/s1. The Hall–Kier alpha value is -1.32. The molecule has 1 saturated heterocycles. The van der Waals surface area contributed by atoms with Crippen molar-refractivity contribution in [2.45, 2.75) is 122 Å². The van der Waals surface area contributed by atoms with Crippen LogP contribution in [0.5, 0.6) is 0 Å². The number of Topliss-reactive ketones (excluding diaryl/α,β-unsaturated/α-hetero) is 1. The molecule has 218 valence electrons. The lowest BCUT2D eigenvalue weighted by Crippen LogP contribution is -2.64. The monoisotopic (exact) mass is 560 g/mol. The van der Waals surface area contributed by atoms with Crippen molar-refractivity contribution in [2.75, 3.05) is 6.61 Å². The quantitative estimate of drug-likeness (QED) is 0.261. The number of hydrogen-bond donors (Lipinski definition) is 2. The average molecular weight is 561 g/mol. The highest BCUT2D eigenvalue weighted by atomic mass is 28.4. The third-order valence-corrected chi connectivity index (χ3v) is 16.3. The summed E-state index contributed by atoms with van der Waals surface area (Å²) < 4.78 is 19.6. The van der Waals surface area contributed by atoms with Crippen molar-refractivity contribution in [1.29, 1.82) is 0 Å². The highest BCUT2D eigenvalue weighted by Gasteiger charge is 2.77. The first-order valence-electron chi connectivity index (χ1n) is 14.6. The Morgan fingerprint density at radius 2 is 1.90 bits per heavy atom. The first-order valence-corrected chi connectivity index (χ1v) is 17.6. The van der Waals surface area contributed by atoms with Gasteiger partial charge in [-0.1, -0.05) is 40.2 Å². The fourth-order valence-corrected chi connectivity index (χ4v) is 9.88. The number of allylic oxidation sites excluding steroid dienone is 2. The molecule has 0 aromatic heterocycles. The molecule has 8 heteroatoms. The van der Waals surface area contributed by atoms with Crippen molar-refractivity contribution in [2.24, 2.45) is 28.6 Å². The van der Waals surface area contributed by atoms with E-state index in [0.717, 1.165) is 24.7 Å². The van der Waals surface area contributed by atoms with Crippen LogP contribution in [0.3, 0.4) is 0 Å². The van der Waals surface area contributed by atoms with E-state index in [0.29, 0.717) is 24.8 Å². The van der Waals surface area contributed by atoms with Gasteiger partial charge in [0.2, 0.25) is 0 Å². The van der Waals surface area contributed by atoms with E-state index in [1.807, 2.05) is 13.8 Å². The van der Waals surface area contributed by atoms with Gasteiger partial charge in [0.15, 0.2) is 31.3 Å². The Labute approximate surface area is 234 Å². The van der Waals surface area contributed by atoms with Crippen LogP contribution in [-0.4, -0.2) is 60.3 Å². The summed E-state index contributed by atoms with van der Waals surface area (Å²) in [6.07, 6.45) is 4.66. The van der Waals surface area contributed by atoms with Crippen LogP contribution in [0.25, 0.3) is 0 Å². The lowest BCUT2D eigenvalue weighted by Gasteiger charge is -2.60. The summed E-state index contributed by atoms with van der Waals surface area (Å²) in [4.78, 5) is 26.9. The Morgan fingerprint density at radius 1 is 1.23 bits per heavy atom. The van der Waals surface area contributed by atoms with Gasteiger partial charge in [0.05, 0.1) is 25.1 Å². The molecule has 39 heavy (non-hydrogen) atoms. The molecule has 0 unspecified atom stereocenters. The van der Waals surface area contributed by atoms with Gasteiger partial charge < -0.3 is 24.1 Å². The minimum Gasteiger partial charge on any atom is -0.515 e. The maximum Gasteiger partial charge on any atom is 0.192 e. The van der Waals surface area contributed by atoms with Gasteiger partial charge in [-0.05, 0) is 93.3 Å². The third-order valence-electron chi connectivity index (χ3n) is 11.8. The SMILES string of the molecule is CC1(C)O[C@@H]2C[C@H]3[C@@H]4CCC5=CC(=O)/C(=C\O)C[C@]5(C)[C@H]4[C@@H](O)C[C@]3(C)[C@]2(C(=O)CO[Si](C)(C)C(C)(C)C)O1. The van der Waals surface area contributed by atoms with Gasteiger partial charge in [-0.3, -0.25) is 9.59 Å². The molecule has 4 aliphatic carbocycles. The third kappa shape index (κ3) is 4.03. The summed E-state index contributed by atoms with van der Waals surface area (Å²) in [5.41, 5.74) is -0.771. The van der Waals surface area contributed by atoms with Crippen molar-refractivity contribution in [3.63, 3.8) is 0 Å². The average Bonchev–Trinajstić information content (AvgIpc) is 3.22. The van der Waals surface area contributed by atoms with Gasteiger partial charge in [0.25, 0.3) is 0 Å². The predicted octanol–water partition coefficient (Wildman–Crippen LogP) is 5.63. The van der Waals surface area contributed by atoms with Crippen LogP contribution < -0.4 is 0 Å². The molecular formula is C31H48O7Si. The molecule has 5 rings (SSSR count). The van der Waals surface area contributed by atoms with Crippen LogP contribution >= 0.6 is 0 Å². The lowest BCUT2D eigenvalue weighted by molar-refractivity contribution is -0.226. The summed E-state index contributed by atoms with van der Waals surface area (Å²) >= 11 is 0. The van der Waals surface area contributed by atoms with E-state index >= 15 is 0 Å². The summed E-state index contributed by atoms with van der Waals surface area (Å²) in [7, 11) is -2.18. The maximum absolute atomic E-state index is 14.4. The summed E-state index contributed by atoms with van der Waals surface area (Å²) in [6.45, 7) is 18.8. The number of ketones is 2. The molecule has 2 N–H and O–H groups in total. The van der Waals surface area contributed by atoms with Gasteiger partial charge in [0, 0.05) is 11.0 Å². The van der Waals surface area contributed by atoms with Crippen molar-refractivity contribution < 1.29 is 33.7 Å². The molecule has 8 atom stereocenters. The highest BCUT2D eigenvalue weighted by Crippen LogP contribution is 2.71. The highest BCUT2D eigenvalue weighted by molar-refractivity contribution is 6.74. The second-order valence-electron chi connectivity index (χ2n) is 15.4. The van der Waals surface area contributed by atoms with Gasteiger partial charge in [-0.2, -0.15) is 0 Å². The van der Waals surface area contributed by atoms with Crippen LogP contribution in [0, 0.1) is 28.6 Å². The number of aliphatic hydroxyl groups excluding tert-OH is 2. The van der Waals surface area contributed by atoms with Crippen molar-refractivity contribution in [1.82, 2.24) is 0 Å². The second kappa shape index (κ2) is 8.84. The zero-order valence-corrected chi connectivity index (χ0v) is 26.2. The Bertz CT molecular complexity index is 1130. The molecule has 0 radical (unpaired) electrons. The van der Waals surface area contributed by atoms with E-state index in [1.54, 1.807) is 6.08 Å². The zero-order valence-electron chi connectivity index (χ0n) is 25.2. The summed E-state index contributed by atoms with van der Waals surface area (Å²) in [6, 6.07) is 0. The van der Waals surface area contributed by atoms with Crippen LogP contribution in [0.4, 0.5) is 0 Å². The number of fused-ring (bicyclic) bond motifs is 7. The molecule has 0 bridgehead atoms. The van der Waals surface area contributed by atoms with E-state index in [4.69, 9.17) is 13.9 Å². The molecule has 0 amide bonds. The summed E-state index contributed by atoms with van der Waals surface area (Å²) in [5.74, 6) is -0.950. The minimum atomic E-state index is -2.18. The molecule has 0 aromatic rings. The number of carbonyl (C=O) groups is 2. The number of ether oxygens (including phenoxy) is 2. The molecule has 0 aromatic carbocycles. The Morgan fingerprint density at radius 3 is 2.51 bits per heavy atom. The molecule has 5 aliphatic rings. The van der Waals surface area contributed by atoms with E-state index < -0.39 is 42.7 Å². The lowest BCUT2D eigenvalue weighted by atomic mass is 9.45. The minimum absolute atomic E-state index is 0.0176. The van der Waals surface area contributed by atoms with Crippen molar-refractivity contribution in [3.05, 3.63) is 23.5 Å². The maximum atomic E-state index is 14.4. The van der Waals surface area contributed by atoms with Gasteiger partial charge in [-0.15, -0.1) is 0 Å². The van der Waals surface area contributed by atoms with Crippen molar-refractivity contribution >= 4 is 19.9 Å². The van der Waals surface area contributed by atoms with Crippen LogP contribution in [0.15, 0.2) is 23.5 Å². The van der Waals surface area contributed by atoms with Crippen LogP contribution in [0.2, 0.25) is 18.1 Å². The van der Waals surface area contributed by atoms with Gasteiger partial charge in [0.1, 0.15) is 0 Å². The fourth-order valence-electron chi connectivity index (χ4n) is 8.95. The zero-order chi connectivity index (χ0) is 29.0. The fraction of sp³-hybridized carbons (Fsp3) is 0.806. The van der Waals surface area contributed by atoms with Crippen LogP contribution in [-0.2, 0) is 23.5 Å². The first-order chi connectivity index (χ1) is 17.8. The molecular weight excluding hydrogens is 512 g/mol. The van der Waals surface area contributed by atoms with E-state index in [-0.39, 0.29) is 41.0 Å². The smallest absolute Gasteiger partial charge is 0.192 e. The first kappa shape index (κ1) is 29.2. The molecule has 1 heterocycles. The summed E-state index contributed by atoms with van der Waals surface area (Å²) in [5, 5.41) is 21.7. The number of hydrogen-bond acceptors (Lipinski definition) is 7. The van der Waals surface area contributed by atoms with E-state index in [1.165, 1.54) is 0 Å². The van der Waals surface area contributed by atoms with Gasteiger partial charge in [-0.25, -0.2) is 0 Å². The molecule has 4 fully saturated rings. The topological polar surface area (TPSA) is 102 Å². The van der Waals surface area contributed by atoms with Crippen LogP contribution in [0.1, 0.15) is 80.6 Å². The predicted molar refractivity (Wildman–Crippen MR) is 151 cm³/mol. The largest absolute Gasteiger partial charge is 0.515 e. The molecule has 1 aliphatic heterocycles. The number of aliphatic hydroxyl groups is 2. The van der Waals surface area contributed by atoms with E-state index in [2.05, 4.69) is 47.7 Å². The number of rotatable bonds is 4. The molecule has 0 spiro atoms. The Balaban J connectivity index is 1.52.